The summed E-state index contributed by atoms with van der Waals surface area (Å²) in [5, 5.41) is 8.80. The topological polar surface area (TPSA) is 40.5 Å². The molecule has 1 heterocycles. The molecule has 0 aromatic carbocycles. The van der Waals surface area contributed by atoms with Crippen LogP contribution >= 0.6 is 0 Å². The van der Waals surface area contributed by atoms with E-state index < -0.39 is 5.97 Å². The minimum absolute atomic E-state index is 0.145. The fourth-order valence-electron chi connectivity index (χ4n) is 2.93. The van der Waals surface area contributed by atoms with E-state index in [1.165, 1.54) is 0 Å². The maximum Gasteiger partial charge on any atom is 0.303 e. The summed E-state index contributed by atoms with van der Waals surface area (Å²) >= 11 is 0. The van der Waals surface area contributed by atoms with E-state index in [2.05, 4.69) is 32.6 Å². The third-order valence-electron chi connectivity index (χ3n) is 3.43. The SMILES string of the molecule is CC(C)N1CCC(CC(=O)O)CC1(C)C. The largest absolute Gasteiger partial charge is 0.481 e. The smallest absolute Gasteiger partial charge is 0.303 e. The van der Waals surface area contributed by atoms with E-state index in [0.717, 1.165) is 19.4 Å². The van der Waals surface area contributed by atoms with Gasteiger partial charge in [0.05, 0.1) is 0 Å². The number of piperidine rings is 1. The zero-order valence-corrected chi connectivity index (χ0v) is 10.3. The first-order valence-electron chi connectivity index (χ1n) is 5.81. The zero-order valence-electron chi connectivity index (χ0n) is 10.3. The molecule has 0 aromatic rings. The van der Waals surface area contributed by atoms with Crippen LogP contribution in [0.3, 0.4) is 0 Å². The highest BCUT2D eigenvalue weighted by Gasteiger charge is 2.36. The van der Waals surface area contributed by atoms with Crippen molar-refractivity contribution in [3.05, 3.63) is 0 Å². The number of hydrogen-bond acceptors (Lipinski definition) is 2. The zero-order chi connectivity index (χ0) is 11.6. The Morgan fingerprint density at radius 1 is 1.53 bits per heavy atom. The fraction of sp³-hybridized carbons (Fsp3) is 0.917. The van der Waals surface area contributed by atoms with E-state index in [9.17, 15) is 4.79 Å². The van der Waals surface area contributed by atoms with Gasteiger partial charge in [0, 0.05) is 18.0 Å². The lowest BCUT2D eigenvalue weighted by Crippen LogP contribution is -2.53. The molecule has 1 unspecified atom stereocenters. The van der Waals surface area contributed by atoms with E-state index in [1.807, 2.05) is 0 Å². The molecule has 3 heteroatoms. The van der Waals surface area contributed by atoms with E-state index in [4.69, 9.17) is 5.11 Å². The van der Waals surface area contributed by atoms with Crippen molar-refractivity contribution in [1.82, 2.24) is 4.90 Å². The molecular formula is C12H23NO2. The molecular weight excluding hydrogens is 190 g/mol. The number of likely N-dealkylation sites (tertiary alicyclic amines) is 1. The Kier molecular flexibility index (Phi) is 3.77. The number of hydrogen-bond donors (Lipinski definition) is 1. The maximum atomic E-state index is 10.7. The standard InChI is InChI=1S/C12H23NO2/c1-9(2)13-6-5-10(7-11(14)15)8-12(13,3)4/h9-10H,5-8H2,1-4H3,(H,14,15). The Balaban J connectivity index is 2.60. The van der Waals surface area contributed by atoms with Crippen LogP contribution in [0.2, 0.25) is 0 Å². The number of aliphatic carboxylic acids is 1. The van der Waals surface area contributed by atoms with Crippen LogP contribution in [0.5, 0.6) is 0 Å². The van der Waals surface area contributed by atoms with Crippen LogP contribution in [0.25, 0.3) is 0 Å². The minimum atomic E-state index is -0.659. The van der Waals surface area contributed by atoms with Gasteiger partial charge in [-0.15, -0.1) is 0 Å². The van der Waals surface area contributed by atoms with Gasteiger partial charge in [-0.25, -0.2) is 0 Å². The summed E-state index contributed by atoms with van der Waals surface area (Å²) in [5.74, 6) is -0.304. The predicted octanol–water partition coefficient (Wildman–Crippen LogP) is 2.36. The van der Waals surface area contributed by atoms with Gasteiger partial charge < -0.3 is 5.11 Å². The number of carbonyl (C=O) groups is 1. The Hall–Kier alpha value is -0.570. The summed E-state index contributed by atoms with van der Waals surface area (Å²) < 4.78 is 0. The number of carboxylic acid groups (broad SMARTS) is 1. The van der Waals surface area contributed by atoms with E-state index in [1.54, 1.807) is 0 Å². The van der Waals surface area contributed by atoms with Crippen LogP contribution in [0, 0.1) is 5.92 Å². The van der Waals surface area contributed by atoms with E-state index in [0.29, 0.717) is 18.4 Å². The molecule has 0 radical (unpaired) electrons. The normalized spacial score (nSPS) is 26.9. The van der Waals surface area contributed by atoms with Gasteiger partial charge in [-0.1, -0.05) is 0 Å². The van der Waals surface area contributed by atoms with Crippen molar-refractivity contribution in [3.63, 3.8) is 0 Å². The van der Waals surface area contributed by atoms with Gasteiger partial charge in [-0.2, -0.15) is 0 Å². The van der Waals surface area contributed by atoms with E-state index in [-0.39, 0.29) is 5.54 Å². The molecule has 1 atom stereocenters. The fourth-order valence-corrected chi connectivity index (χ4v) is 2.93. The monoisotopic (exact) mass is 213 g/mol. The second-order valence-electron chi connectivity index (χ2n) is 5.56. The van der Waals surface area contributed by atoms with Gasteiger partial charge >= 0.3 is 5.97 Å². The maximum absolute atomic E-state index is 10.7. The number of nitrogens with zero attached hydrogens (tertiary/aromatic N) is 1. The van der Waals surface area contributed by atoms with Crippen molar-refractivity contribution in [3.8, 4) is 0 Å². The van der Waals surface area contributed by atoms with Crippen molar-refractivity contribution in [2.45, 2.75) is 58.5 Å². The minimum Gasteiger partial charge on any atom is -0.481 e. The Bertz CT molecular complexity index is 236. The molecule has 0 spiro atoms. The summed E-state index contributed by atoms with van der Waals surface area (Å²) in [6, 6.07) is 0.547. The van der Waals surface area contributed by atoms with Crippen molar-refractivity contribution < 1.29 is 9.90 Å². The second kappa shape index (κ2) is 4.52. The van der Waals surface area contributed by atoms with E-state index >= 15 is 0 Å². The molecule has 1 aliphatic rings. The molecule has 1 aliphatic heterocycles. The Labute approximate surface area is 92.5 Å². The number of rotatable bonds is 3. The van der Waals surface area contributed by atoms with Crippen LogP contribution in [0.15, 0.2) is 0 Å². The van der Waals surface area contributed by atoms with Crippen LogP contribution < -0.4 is 0 Å². The third kappa shape index (κ3) is 3.20. The highest BCUT2D eigenvalue weighted by Crippen LogP contribution is 2.34. The third-order valence-corrected chi connectivity index (χ3v) is 3.43. The molecule has 1 fully saturated rings. The van der Waals surface area contributed by atoms with Gasteiger partial charge in [-0.3, -0.25) is 9.69 Å². The predicted molar refractivity (Wildman–Crippen MR) is 60.9 cm³/mol. The Morgan fingerprint density at radius 3 is 2.53 bits per heavy atom. The molecule has 88 valence electrons. The first-order valence-corrected chi connectivity index (χ1v) is 5.81. The quantitative estimate of drug-likeness (QED) is 0.782. The highest BCUT2D eigenvalue weighted by molar-refractivity contribution is 5.67. The lowest BCUT2D eigenvalue weighted by molar-refractivity contribution is -0.139. The van der Waals surface area contributed by atoms with Crippen LogP contribution in [0.1, 0.15) is 47.0 Å². The molecule has 15 heavy (non-hydrogen) atoms. The highest BCUT2D eigenvalue weighted by atomic mass is 16.4. The summed E-state index contributed by atoms with van der Waals surface area (Å²) in [5.41, 5.74) is 0.145. The van der Waals surface area contributed by atoms with Gasteiger partial charge in [0.2, 0.25) is 0 Å². The molecule has 1 N–H and O–H groups in total. The molecule has 0 bridgehead atoms. The van der Waals surface area contributed by atoms with Crippen molar-refractivity contribution in [2.24, 2.45) is 5.92 Å². The van der Waals surface area contributed by atoms with Gasteiger partial charge in [0.15, 0.2) is 0 Å². The molecule has 3 nitrogen and oxygen atoms in total. The average molecular weight is 213 g/mol. The average Bonchev–Trinajstić information content (AvgIpc) is 1.99. The molecule has 0 saturated carbocycles. The van der Waals surface area contributed by atoms with Gasteiger partial charge in [0.1, 0.15) is 0 Å². The summed E-state index contributed by atoms with van der Waals surface area (Å²) in [6.45, 7) is 9.89. The summed E-state index contributed by atoms with van der Waals surface area (Å²) in [4.78, 5) is 13.2. The first kappa shape index (κ1) is 12.5. The molecule has 1 saturated heterocycles. The lowest BCUT2D eigenvalue weighted by atomic mass is 9.80. The second-order valence-corrected chi connectivity index (χ2v) is 5.56. The molecule has 0 aliphatic carbocycles. The summed E-state index contributed by atoms with van der Waals surface area (Å²) in [7, 11) is 0. The van der Waals surface area contributed by atoms with Gasteiger partial charge in [-0.05, 0) is 53.0 Å². The van der Waals surface area contributed by atoms with Gasteiger partial charge in [0.25, 0.3) is 0 Å². The number of carboxylic acids is 1. The molecule has 1 rings (SSSR count). The summed E-state index contributed by atoms with van der Waals surface area (Å²) in [6.07, 6.45) is 2.35. The first-order chi connectivity index (χ1) is 6.83. The lowest BCUT2D eigenvalue weighted by Gasteiger charge is -2.47. The molecule has 0 amide bonds. The van der Waals surface area contributed by atoms with Crippen molar-refractivity contribution in [1.29, 1.82) is 0 Å². The van der Waals surface area contributed by atoms with Crippen molar-refractivity contribution in [2.75, 3.05) is 6.54 Å². The van der Waals surface area contributed by atoms with Crippen LogP contribution in [-0.2, 0) is 4.79 Å². The van der Waals surface area contributed by atoms with Crippen LogP contribution in [0.4, 0.5) is 0 Å². The Morgan fingerprint density at radius 2 is 2.13 bits per heavy atom. The van der Waals surface area contributed by atoms with Crippen molar-refractivity contribution >= 4 is 5.97 Å². The van der Waals surface area contributed by atoms with Crippen LogP contribution in [-0.4, -0.2) is 34.1 Å². The molecule has 0 aromatic heterocycles.